The second-order valence-corrected chi connectivity index (χ2v) is 16.0. The first-order valence-corrected chi connectivity index (χ1v) is 9.61. The molecule has 0 aromatic rings. The normalized spacial score (nSPS) is 13.1. The minimum absolute atomic E-state index is 1.71. The molecule has 0 heterocycles. The zero-order chi connectivity index (χ0) is 9.07. The third-order valence-corrected chi connectivity index (χ3v) is 13.6. The van der Waals surface area contributed by atoms with Crippen molar-refractivity contribution in [1.29, 1.82) is 0 Å². The van der Waals surface area contributed by atoms with Crippen molar-refractivity contribution >= 4 is 0 Å². The van der Waals surface area contributed by atoms with Crippen molar-refractivity contribution in [2.24, 2.45) is 0 Å². The number of nitrogens with zero attached hydrogens (tertiary/aromatic N) is 2. The molecule has 0 saturated heterocycles. The molecule has 0 aromatic heterocycles. The summed E-state index contributed by atoms with van der Waals surface area (Å²) in [7, 11) is 11.4. The Morgan fingerprint density at radius 2 is 1.09 bits per heavy atom. The topological polar surface area (TPSA) is 24.9 Å². The molecular formula is C6H18HfN2O2. The van der Waals surface area contributed by atoms with Crippen molar-refractivity contribution in [3.63, 3.8) is 0 Å². The van der Waals surface area contributed by atoms with Crippen LogP contribution in [0.5, 0.6) is 0 Å². The average molecular weight is 329 g/mol. The fourth-order valence-corrected chi connectivity index (χ4v) is 9.93. The van der Waals surface area contributed by atoms with Crippen molar-refractivity contribution in [3.8, 4) is 0 Å². The van der Waals surface area contributed by atoms with E-state index in [9.17, 15) is 0 Å². The van der Waals surface area contributed by atoms with Crippen LogP contribution >= 0.6 is 0 Å². The van der Waals surface area contributed by atoms with Gasteiger partial charge in [-0.25, -0.2) is 0 Å². The molecular weight excluding hydrogens is 311 g/mol. The van der Waals surface area contributed by atoms with Crippen LogP contribution in [0.25, 0.3) is 0 Å². The Bertz CT molecular complexity index is 105. The Morgan fingerprint density at radius 3 is 1.09 bits per heavy atom. The molecule has 0 bridgehead atoms. The summed E-state index contributed by atoms with van der Waals surface area (Å²) in [5.41, 5.74) is 0. The van der Waals surface area contributed by atoms with Gasteiger partial charge >= 0.3 is 75.3 Å². The molecule has 0 rings (SSSR count). The Labute approximate surface area is 75.4 Å². The zero-order valence-corrected chi connectivity index (χ0v) is 11.8. The number of hydrogen-bond acceptors (Lipinski definition) is 4. The van der Waals surface area contributed by atoms with Crippen LogP contribution in [-0.2, 0) is 27.1 Å². The Balaban J connectivity index is 4.46. The maximum atomic E-state index is 5.46. The van der Waals surface area contributed by atoms with E-state index in [-0.39, 0.29) is 0 Å². The van der Waals surface area contributed by atoms with Crippen LogP contribution in [0.2, 0.25) is 0 Å². The van der Waals surface area contributed by atoms with Crippen LogP contribution in [0.3, 0.4) is 0 Å². The van der Waals surface area contributed by atoms with Crippen molar-refractivity contribution < 1.29 is 27.1 Å². The van der Waals surface area contributed by atoms with E-state index in [2.05, 4.69) is 5.78 Å². The molecule has 0 spiro atoms. The molecule has 11 heavy (non-hydrogen) atoms. The van der Waals surface area contributed by atoms with Crippen molar-refractivity contribution in [3.05, 3.63) is 0 Å². The second kappa shape index (κ2) is 4.67. The van der Waals surface area contributed by atoms with Crippen molar-refractivity contribution in [2.75, 3.05) is 42.4 Å². The second-order valence-electron chi connectivity index (χ2n) is 2.75. The van der Waals surface area contributed by atoms with E-state index < -0.39 is 21.4 Å². The number of hydrogen-bond donors (Lipinski definition) is 0. The first-order chi connectivity index (χ1) is 5.01. The molecule has 68 valence electrons. The van der Waals surface area contributed by atoms with Gasteiger partial charge in [0.25, 0.3) is 0 Å². The molecule has 0 aliphatic heterocycles. The summed E-state index contributed by atoms with van der Waals surface area (Å²) in [5.74, 6) is 0. The predicted octanol–water partition coefficient (Wildman–Crippen LogP) is 0.216. The summed E-state index contributed by atoms with van der Waals surface area (Å²) in [4.78, 5) is 0. The van der Waals surface area contributed by atoms with Gasteiger partial charge in [-0.1, -0.05) is 0 Å². The maximum absolute atomic E-state index is 5.46. The monoisotopic (exact) mass is 330 g/mol. The quantitative estimate of drug-likeness (QED) is 0.689. The van der Waals surface area contributed by atoms with Gasteiger partial charge < -0.3 is 0 Å². The van der Waals surface area contributed by atoms with E-state index >= 15 is 0 Å². The van der Waals surface area contributed by atoms with Crippen molar-refractivity contribution in [2.45, 2.75) is 0 Å². The van der Waals surface area contributed by atoms with Gasteiger partial charge in [0.2, 0.25) is 0 Å². The Hall–Kier alpha value is 0.710. The molecule has 5 heteroatoms. The van der Waals surface area contributed by atoms with E-state index in [1.54, 1.807) is 14.2 Å². The Kier molecular flexibility index (Phi) is 4.97. The SMILES string of the molecule is C[O][Hf]([O]C)([N](C)C)[N](C)C. The first-order valence-electron chi connectivity index (χ1n) is 3.46. The molecule has 0 aliphatic carbocycles. The zero-order valence-electron chi connectivity index (χ0n) is 8.21. The van der Waals surface area contributed by atoms with Gasteiger partial charge in [-0.3, -0.25) is 0 Å². The van der Waals surface area contributed by atoms with Crippen LogP contribution < -0.4 is 0 Å². The molecule has 0 radical (unpaired) electrons. The Morgan fingerprint density at radius 1 is 0.818 bits per heavy atom. The van der Waals surface area contributed by atoms with Gasteiger partial charge in [0.1, 0.15) is 0 Å². The molecule has 0 atom stereocenters. The fraction of sp³-hybridized carbons (Fsp3) is 1.00. The van der Waals surface area contributed by atoms with Gasteiger partial charge in [0.05, 0.1) is 0 Å². The minimum atomic E-state index is -3.12. The molecule has 0 aromatic carbocycles. The van der Waals surface area contributed by atoms with Gasteiger partial charge in [-0.2, -0.15) is 0 Å². The third-order valence-electron chi connectivity index (χ3n) is 1.66. The molecule has 0 fully saturated rings. The first kappa shape index (κ1) is 11.7. The number of rotatable bonds is 4. The fourth-order valence-electron chi connectivity index (χ4n) is 1.21. The molecule has 0 amide bonds. The third kappa shape index (κ3) is 2.32. The van der Waals surface area contributed by atoms with Gasteiger partial charge in [-0.15, -0.1) is 0 Å². The van der Waals surface area contributed by atoms with E-state index in [4.69, 9.17) is 5.71 Å². The summed E-state index contributed by atoms with van der Waals surface area (Å²) in [6.07, 6.45) is 0. The summed E-state index contributed by atoms with van der Waals surface area (Å²) in [6.45, 7) is 0. The summed E-state index contributed by atoms with van der Waals surface area (Å²) in [6, 6.07) is 0. The predicted molar refractivity (Wildman–Crippen MR) is 41.4 cm³/mol. The summed E-state index contributed by atoms with van der Waals surface area (Å²) < 4.78 is 15.1. The van der Waals surface area contributed by atoms with Crippen LogP contribution in [0.1, 0.15) is 0 Å². The molecule has 0 unspecified atom stereocenters. The van der Waals surface area contributed by atoms with E-state index in [1.165, 1.54) is 0 Å². The summed E-state index contributed by atoms with van der Waals surface area (Å²) >= 11 is -3.12. The van der Waals surface area contributed by atoms with E-state index in [0.717, 1.165) is 0 Å². The van der Waals surface area contributed by atoms with Crippen LogP contribution in [0.15, 0.2) is 0 Å². The van der Waals surface area contributed by atoms with E-state index in [0.29, 0.717) is 0 Å². The standard InChI is InChI=1S/2C2H6N.2CH3O.Hf/c2*1-3-2;2*1-2;/h2*1-2H3;2*1H3;/q4*-1;+4. The van der Waals surface area contributed by atoms with Crippen LogP contribution in [0.4, 0.5) is 0 Å². The molecule has 0 aliphatic rings. The van der Waals surface area contributed by atoms with E-state index in [1.807, 2.05) is 28.2 Å². The van der Waals surface area contributed by atoms with Crippen LogP contribution in [-0.4, -0.2) is 48.2 Å². The van der Waals surface area contributed by atoms with Gasteiger partial charge in [0, 0.05) is 0 Å². The van der Waals surface area contributed by atoms with Crippen LogP contribution in [0, 0.1) is 0 Å². The molecule has 0 saturated carbocycles. The average Bonchev–Trinajstić information content (AvgIpc) is 1.90. The molecule has 0 N–H and O–H groups in total. The van der Waals surface area contributed by atoms with Gasteiger partial charge in [0.15, 0.2) is 0 Å². The molecule has 4 nitrogen and oxygen atoms in total. The summed E-state index contributed by atoms with van der Waals surface area (Å²) in [5, 5.41) is 0. The van der Waals surface area contributed by atoms with Gasteiger partial charge in [-0.05, 0) is 0 Å². The van der Waals surface area contributed by atoms with Crippen molar-refractivity contribution in [1.82, 2.24) is 5.78 Å².